The molecular weight excluding hydrogens is 196 g/mol. The second-order valence-corrected chi connectivity index (χ2v) is 3.84. The number of hydrogen-bond acceptors (Lipinski definition) is 2. The Bertz CT molecular complexity index is 263. The molecule has 0 aromatic carbocycles. The Morgan fingerprint density at radius 2 is 1.07 bits per heavy atom. The molecule has 0 fully saturated rings. The zero-order chi connectivity index (χ0) is 11.3. The van der Waals surface area contributed by atoms with Gasteiger partial charge in [0.25, 0.3) is 0 Å². The first-order valence-corrected chi connectivity index (χ1v) is 5.31. The van der Waals surface area contributed by atoms with Gasteiger partial charge in [0.05, 0.1) is 0 Å². The van der Waals surface area contributed by atoms with E-state index in [0.717, 1.165) is 32.1 Å². The van der Waals surface area contributed by atoms with Gasteiger partial charge in [-0.2, -0.15) is 0 Å². The third kappa shape index (κ3) is 3.38. The molecule has 2 N–H and O–H groups in total. The molecule has 1 rings (SSSR count). The average molecular weight is 212 g/mol. The van der Waals surface area contributed by atoms with Gasteiger partial charge in [-0.15, -0.1) is 0 Å². The van der Waals surface area contributed by atoms with Gasteiger partial charge in [-0.3, -0.25) is 0 Å². The van der Waals surface area contributed by atoms with Crippen LogP contribution < -0.4 is 0 Å². The fourth-order valence-electron chi connectivity index (χ4n) is 1.91. The van der Waals surface area contributed by atoms with E-state index in [4.69, 9.17) is 10.2 Å². The standard InChI is InChI=1S/C11H16O4/c12-10(13)8-6-4-2-1-3-5-7-9(8)11(14)15/h1-7H2,(H,12,13)(H,14,15). The summed E-state index contributed by atoms with van der Waals surface area (Å²) in [6, 6.07) is 0. The number of aliphatic carboxylic acids is 2. The van der Waals surface area contributed by atoms with Crippen LogP contribution in [0.25, 0.3) is 0 Å². The van der Waals surface area contributed by atoms with Gasteiger partial charge in [0.1, 0.15) is 0 Å². The Morgan fingerprint density at radius 1 is 0.733 bits per heavy atom. The third-order valence-corrected chi connectivity index (χ3v) is 2.73. The molecule has 0 atom stereocenters. The zero-order valence-corrected chi connectivity index (χ0v) is 8.66. The number of carbonyl (C=O) groups is 2. The Morgan fingerprint density at radius 3 is 1.40 bits per heavy atom. The number of rotatable bonds is 2. The summed E-state index contributed by atoms with van der Waals surface area (Å²) in [5.41, 5.74) is 0.203. The average Bonchev–Trinajstić information content (AvgIpc) is 2.27. The highest BCUT2D eigenvalue weighted by molar-refractivity contribution is 5.98. The summed E-state index contributed by atoms with van der Waals surface area (Å²) >= 11 is 0. The quantitative estimate of drug-likeness (QED) is 0.735. The van der Waals surface area contributed by atoms with Gasteiger partial charge in [0, 0.05) is 11.1 Å². The Hall–Kier alpha value is -1.32. The first kappa shape index (κ1) is 11.8. The van der Waals surface area contributed by atoms with E-state index >= 15 is 0 Å². The molecule has 0 radical (unpaired) electrons. The second kappa shape index (κ2) is 5.53. The lowest BCUT2D eigenvalue weighted by molar-refractivity contribution is -0.136. The van der Waals surface area contributed by atoms with Crippen LogP contribution in [0, 0.1) is 0 Å². The molecule has 0 bridgehead atoms. The highest BCUT2D eigenvalue weighted by Gasteiger charge is 2.20. The maximum absolute atomic E-state index is 10.9. The summed E-state index contributed by atoms with van der Waals surface area (Å²) in [7, 11) is 0. The van der Waals surface area contributed by atoms with Crippen molar-refractivity contribution in [1.82, 2.24) is 0 Å². The van der Waals surface area contributed by atoms with E-state index < -0.39 is 11.9 Å². The van der Waals surface area contributed by atoms with Crippen LogP contribution in [-0.4, -0.2) is 22.2 Å². The fraction of sp³-hybridized carbons (Fsp3) is 0.636. The van der Waals surface area contributed by atoms with Crippen LogP contribution in [0.3, 0.4) is 0 Å². The van der Waals surface area contributed by atoms with Crippen molar-refractivity contribution in [3.8, 4) is 0 Å². The molecule has 0 spiro atoms. The van der Waals surface area contributed by atoms with Crippen molar-refractivity contribution in [2.75, 3.05) is 0 Å². The van der Waals surface area contributed by atoms with Crippen molar-refractivity contribution >= 4 is 11.9 Å². The Balaban J connectivity index is 2.94. The lowest BCUT2D eigenvalue weighted by Crippen LogP contribution is -2.11. The van der Waals surface area contributed by atoms with Gasteiger partial charge >= 0.3 is 11.9 Å². The molecule has 0 unspecified atom stereocenters. The molecule has 84 valence electrons. The minimum absolute atomic E-state index is 0.101. The van der Waals surface area contributed by atoms with E-state index in [-0.39, 0.29) is 11.1 Å². The van der Waals surface area contributed by atoms with Crippen LogP contribution in [0.2, 0.25) is 0 Å². The van der Waals surface area contributed by atoms with Crippen LogP contribution >= 0.6 is 0 Å². The van der Waals surface area contributed by atoms with E-state index in [2.05, 4.69) is 0 Å². The first-order chi connectivity index (χ1) is 7.13. The summed E-state index contributed by atoms with van der Waals surface area (Å²) in [6.45, 7) is 0. The van der Waals surface area contributed by atoms with Crippen molar-refractivity contribution in [2.45, 2.75) is 44.9 Å². The van der Waals surface area contributed by atoms with Gasteiger partial charge in [-0.05, 0) is 25.7 Å². The lowest BCUT2D eigenvalue weighted by atomic mass is 10.00. The minimum atomic E-state index is -1.07. The molecular formula is C11H16O4. The number of hydrogen-bond donors (Lipinski definition) is 2. The molecule has 15 heavy (non-hydrogen) atoms. The summed E-state index contributed by atoms with van der Waals surface area (Å²) in [5, 5.41) is 17.9. The summed E-state index contributed by atoms with van der Waals surface area (Å²) in [4.78, 5) is 21.9. The van der Waals surface area contributed by atoms with Crippen molar-refractivity contribution in [1.29, 1.82) is 0 Å². The van der Waals surface area contributed by atoms with Gasteiger partial charge < -0.3 is 10.2 Å². The van der Waals surface area contributed by atoms with Crippen LogP contribution in [0.4, 0.5) is 0 Å². The molecule has 0 aromatic heterocycles. The van der Waals surface area contributed by atoms with Crippen LogP contribution in [0.1, 0.15) is 44.9 Å². The van der Waals surface area contributed by atoms with E-state index in [1.54, 1.807) is 0 Å². The zero-order valence-electron chi connectivity index (χ0n) is 8.66. The Kier molecular flexibility index (Phi) is 4.34. The van der Waals surface area contributed by atoms with Gasteiger partial charge in [-0.1, -0.05) is 19.3 Å². The second-order valence-electron chi connectivity index (χ2n) is 3.84. The number of carboxylic acids is 2. The largest absolute Gasteiger partial charge is 0.478 e. The molecule has 0 saturated carbocycles. The van der Waals surface area contributed by atoms with Crippen LogP contribution in [-0.2, 0) is 9.59 Å². The Labute approximate surface area is 88.6 Å². The van der Waals surface area contributed by atoms with Crippen LogP contribution in [0.5, 0.6) is 0 Å². The van der Waals surface area contributed by atoms with Gasteiger partial charge in [-0.25, -0.2) is 9.59 Å². The van der Waals surface area contributed by atoms with E-state index in [0.29, 0.717) is 12.8 Å². The predicted octanol–water partition coefficient (Wildman–Crippen LogP) is 2.20. The molecule has 0 aliphatic heterocycles. The van der Waals surface area contributed by atoms with Crippen molar-refractivity contribution in [2.24, 2.45) is 0 Å². The van der Waals surface area contributed by atoms with Gasteiger partial charge in [0.15, 0.2) is 0 Å². The number of carboxylic acid groups (broad SMARTS) is 2. The van der Waals surface area contributed by atoms with Crippen molar-refractivity contribution < 1.29 is 19.8 Å². The third-order valence-electron chi connectivity index (χ3n) is 2.73. The lowest BCUT2D eigenvalue weighted by Gasteiger charge is -2.06. The SMILES string of the molecule is O=C(O)C1=C(C(=O)O)CCCCCCC1. The summed E-state index contributed by atoms with van der Waals surface area (Å²) in [6.07, 6.45) is 5.37. The summed E-state index contributed by atoms with van der Waals surface area (Å²) in [5.74, 6) is -2.15. The van der Waals surface area contributed by atoms with E-state index in [1.165, 1.54) is 0 Å². The first-order valence-electron chi connectivity index (χ1n) is 5.31. The van der Waals surface area contributed by atoms with Crippen LogP contribution in [0.15, 0.2) is 11.1 Å². The highest BCUT2D eigenvalue weighted by atomic mass is 16.4. The normalized spacial score (nSPS) is 18.9. The molecule has 1 aliphatic carbocycles. The maximum Gasteiger partial charge on any atom is 0.332 e. The van der Waals surface area contributed by atoms with Gasteiger partial charge in [0.2, 0.25) is 0 Å². The molecule has 1 aliphatic rings. The van der Waals surface area contributed by atoms with E-state index in [1.807, 2.05) is 0 Å². The topological polar surface area (TPSA) is 74.6 Å². The molecule has 0 saturated heterocycles. The molecule has 0 amide bonds. The molecule has 4 heteroatoms. The predicted molar refractivity (Wildman–Crippen MR) is 54.6 cm³/mol. The monoisotopic (exact) mass is 212 g/mol. The van der Waals surface area contributed by atoms with Crippen molar-refractivity contribution in [3.63, 3.8) is 0 Å². The highest BCUT2D eigenvalue weighted by Crippen LogP contribution is 2.22. The smallest absolute Gasteiger partial charge is 0.332 e. The maximum atomic E-state index is 10.9. The molecule has 0 heterocycles. The summed E-state index contributed by atoms with van der Waals surface area (Å²) < 4.78 is 0. The van der Waals surface area contributed by atoms with E-state index in [9.17, 15) is 9.59 Å². The molecule has 0 aromatic rings. The van der Waals surface area contributed by atoms with Crippen molar-refractivity contribution in [3.05, 3.63) is 11.1 Å². The minimum Gasteiger partial charge on any atom is -0.478 e. The molecule has 4 nitrogen and oxygen atoms in total. The fourth-order valence-corrected chi connectivity index (χ4v) is 1.91.